The highest BCUT2D eigenvalue weighted by molar-refractivity contribution is 5.73. The molecule has 2 heterocycles. The number of nitrogens with one attached hydrogen (secondary N) is 2. The molecule has 0 spiro atoms. The molecular formula is C33H55N5O6. The third-order valence-corrected chi connectivity index (χ3v) is 7.22. The Labute approximate surface area is 263 Å². The number of nitrogen functional groups attached to an aromatic ring is 1. The van der Waals surface area contributed by atoms with Gasteiger partial charge in [-0.3, -0.25) is 24.3 Å². The molecule has 0 radical (unpaired) electrons. The SMILES string of the molecule is CCC=CCCCCCCCC(=O)OCCCOC(OC(=O)CCCCCCCC=CCC)N1CNc2c1nc(N)[nH]c2=O. The minimum absolute atomic E-state index is 0.0475. The monoisotopic (exact) mass is 617 g/mol. The van der Waals surface area contributed by atoms with Gasteiger partial charge in [-0.15, -0.1) is 0 Å². The first-order chi connectivity index (χ1) is 21.5. The lowest BCUT2D eigenvalue weighted by Gasteiger charge is -2.27. The molecule has 0 fully saturated rings. The van der Waals surface area contributed by atoms with E-state index < -0.39 is 17.9 Å². The fourth-order valence-corrected chi connectivity index (χ4v) is 4.81. The van der Waals surface area contributed by atoms with E-state index in [1.807, 2.05) is 0 Å². The molecule has 11 nitrogen and oxygen atoms in total. The van der Waals surface area contributed by atoms with E-state index in [4.69, 9.17) is 19.9 Å². The molecule has 248 valence electrons. The number of carbonyl (C=O) groups is 2. The van der Waals surface area contributed by atoms with E-state index in [-0.39, 0.29) is 49.7 Å². The number of esters is 2. The van der Waals surface area contributed by atoms with Gasteiger partial charge in [0, 0.05) is 19.3 Å². The van der Waals surface area contributed by atoms with Gasteiger partial charge in [0.15, 0.2) is 5.82 Å². The van der Waals surface area contributed by atoms with Crippen LogP contribution in [0.2, 0.25) is 0 Å². The Morgan fingerprint density at radius 3 is 2.07 bits per heavy atom. The molecule has 0 saturated heterocycles. The molecule has 4 N–H and O–H groups in total. The van der Waals surface area contributed by atoms with Crippen molar-refractivity contribution in [2.75, 3.05) is 35.8 Å². The van der Waals surface area contributed by atoms with E-state index in [0.717, 1.165) is 77.0 Å². The number of ether oxygens (including phenoxy) is 3. The quantitative estimate of drug-likeness (QED) is 0.0467. The highest BCUT2D eigenvalue weighted by Crippen LogP contribution is 2.28. The van der Waals surface area contributed by atoms with Crippen LogP contribution in [0.5, 0.6) is 0 Å². The number of nitrogens with zero attached hydrogens (tertiary/aromatic N) is 2. The summed E-state index contributed by atoms with van der Waals surface area (Å²) in [5.74, 6) is -0.400. The average molecular weight is 618 g/mol. The number of anilines is 3. The molecule has 0 saturated carbocycles. The lowest BCUT2D eigenvalue weighted by Crippen LogP contribution is -2.41. The first-order valence-corrected chi connectivity index (χ1v) is 16.6. The van der Waals surface area contributed by atoms with E-state index in [1.54, 1.807) is 4.90 Å². The second kappa shape index (κ2) is 23.1. The maximum absolute atomic E-state index is 12.7. The summed E-state index contributed by atoms with van der Waals surface area (Å²) in [6.45, 7) is 4.81. The van der Waals surface area contributed by atoms with Gasteiger partial charge < -0.3 is 25.3 Å². The number of hydrogen-bond acceptors (Lipinski definition) is 10. The Kier molecular flexibility index (Phi) is 19.3. The lowest BCUT2D eigenvalue weighted by molar-refractivity contribution is -0.179. The second-order valence-electron chi connectivity index (χ2n) is 11.1. The molecule has 1 aromatic heterocycles. The van der Waals surface area contributed by atoms with Crippen molar-refractivity contribution in [1.29, 1.82) is 0 Å². The van der Waals surface area contributed by atoms with Crippen molar-refractivity contribution in [2.24, 2.45) is 0 Å². The molecule has 0 aliphatic carbocycles. The van der Waals surface area contributed by atoms with Gasteiger partial charge in [0.2, 0.25) is 5.95 Å². The van der Waals surface area contributed by atoms with E-state index in [2.05, 4.69) is 53.4 Å². The van der Waals surface area contributed by atoms with Crippen LogP contribution in [-0.2, 0) is 23.8 Å². The number of allylic oxidation sites excluding steroid dienone is 4. The Bertz CT molecular complexity index is 1070. The second-order valence-corrected chi connectivity index (χ2v) is 11.1. The molecule has 0 aromatic carbocycles. The molecule has 11 heteroatoms. The third kappa shape index (κ3) is 15.4. The van der Waals surface area contributed by atoms with E-state index in [1.165, 1.54) is 12.8 Å². The first-order valence-electron chi connectivity index (χ1n) is 16.6. The Hall–Kier alpha value is -3.34. The topological polar surface area (TPSA) is 149 Å². The molecule has 1 aliphatic heterocycles. The number of rotatable bonds is 25. The zero-order valence-electron chi connectivity index (χ0n) is 27.0. The van der Waals surface area contributed by atoms with E-state index >= 15 is 0 Å². The zero-order chi connectivity index (χ0) is 31.8. The van der Waals surface area contributed by atoms with Gasteiger partial charge in [0.25, 0.3) is 12.0 Å². The molecule has 1 aliphatic rings. The maximum Gasteiger partial charge on any atom is 0.309 e. The van der Waals surface area contributed by atoms with Gasteiger partial charge in [-0.25, -0.2) is 0 Å². The molecule has 1 aromatic rings. The number of carbonyl (C=O) groups excluding carboxylic acids is 2. The highest BCUT2D eigenvalue weighted by atomic mass is 16.7. The van der Waals surface area contributed by atoms with Crippen LogP contribution in [0.3, 0.4) is 0 Å². The summed E-state index contributed by atoms with van der Waals surface area (Å²) in [6, 6.07) is 0. The summed E-state index contributed by atoms with van der Waals surface area (Å²) in [6.07, 6.45) is 23.6. The van der Waals surface area contributed by atoms with Crippen molar-refractivity contribution < 1.29 is 23.8 Å². The van der Waals surface area contributed by atoms with Crippen molar-refractivity contribution in [1.82, 2.24) is 9.97 Å². The first kappa shape index (κ1) is 36.8. The van der Waals surface area contributed by atoms with E-state index in [9.17, 15) is 14.4 Å². The number of nitrogens with two attached hydrogens (primary N) is 1. The van der Waals surface area contributed by atoms with E-state index in [0.29, 0.717) is 12.8 Å². The Morgan fingerprint density at radius 2 is 1.43 bits per heavy atom. The normalized spacial score (nSPS) is 13.4. The van der Waals surface area contributed by atoms with Crippen molar-refractivity contribution >= 4 is 29.4 Å². The smallest absolute Gasteiger partial charge is 0.309 e. The summed E-state index contributed by atoms with van der Waals surface area (Å²) >= 11 is 0. The number of fused-ring (bicyclic) bond motifs is 1. The number of hydrogen-bond donors (Lipinski definition) is 3. The number of unbranched alkanes of at least 4 members (excludes halogenated alkanes) is 10. The van der Waals surface area contributed by atoms with Crippen molar-refractivity contribution in [3.63, 3.8) is 0 Å². The number of aromatic amines is 1. The minimum atomic E-state index is -1.11. The summed E-state index contributed by atoms with van der Waals surface area (Å²) in [7, 11) is 0. The molecular weight excluding hydrogens is 562 g/mol. The predicted molar refractivity (Wildman–Crippen MR) is 175 cm³/mol. The molecule has 0 bridgehead atoms. The van der Waals surface area contributed by atoms with Crippen LogP contribution in [0.4, 0.5) is 17.5 Å². The summed E-state index contributed by atoms with van der Waals surface area (Å²) in [5.41, 5.74) is 5.58. The molecule has 0 amide bonds. The van der Waals surface area contributed by atoms with Crippen molar-refractivity contribution in [2.45, 2.75) is 129 Å². The highest BCUT2D eigenvalue weighted by Gasteiger charge is 2.32. The van der Waals surface area contributed by atoms with Crippen LogP contribution in [0, 0.1) is 0 Å². The predicted octanol–water partition coefficient (Wildman–Crippen LogP) is 6.71. The fourth-order valence-electron chi connectivity index (χ4n) is 4.81. The van der Waals surface area contributed by atoms with Crippen LogP contribution < -0.4 is 21.5 Å². The summed E-state index contributed by atoms with van der Waals surface area (Å²) in [4.78, 5) is 45.3. The molecule has 1 atom stereocenters. The van der Waals surface area contributed by atoms with Gasteiger partial charge in [-0.05, 0) is 51.4 Å². The number of aromatic nitrogens is 2. The van der Waals surface area contributed by atoms with Gasteiger partial charge in [-0.2, -0.15) is 4.98 Å². The van der Waals surface area contributed by atoms with Gasteiger partial charge >= 0.3 is 11.9 Å². The fraction of sp³-hybridized carbons (Fsp3) is 0.697. The Morgan fingerprint density at radius 1 is 0.841 bits per heavy atom. The number of H-pyrrole nitrogens is 1. The maximum atomic E-state index is 12.7. The minimum Gasteiger partial charge on any atom is -0.466 e. The van der Waals surface area contributed by atoms with Crippen molar-refractivity contribution in [3.05, 3.63) is 34.7 Å². The lowest BCUT2D eigenvalue weighted by atomic mass is 10.1. The van der Waals surface area contributed by atoms with Crippen LogP contribution in [0.15, 0.2) is 29.1 Å². The van der Waals surface area contributed by atoms with Crippen LogP contribution in [0.25, 0.3) is 0 Å². The zero-order valence-corrected chi connectivity index (χ0v) is 27.0. The van der Waals surface area contributed by atoms with Gasteiger partial charge in [0.05, 0.1) is 19.9 Å². The van der Waals surface area contributed by atoms with Crippen LogP contribution in [0.1, 0.15) is 123 Å². The standard InChI is InChI=1S/C33H55N5O6/c1-3-5-7-9-11-13-15-17-19-22-27(39)42-24-21-25-43-33(38-26-35-29-30(38)36-32(34)37-31(29)41)44-28(40)23-20-18-16-14-12-10-8-6-4-2/h5-8,33,35H,3-4,9-26H2,1-2H3,(H3,34,36,37,41). The summed E-state index contributed by atoms with van der Waals surface area (Å²) < 4.78 is 17.0. The summed E-state index contributed by atoms with van der Waals surface area (Å²) in [5, 5.41) is 2.96. The van der Waals surface area contributed by atoms with Gasteiger partial charge in [-0.1, -0.05) is 76.7 Å². The van der Waals surface area contributed by atoms with Gasteiger partial charge in [0.1, 0.15) is 5.69 Å². The molecule has 44 heavy (non-hydrogen) atoms. The Balaban J connectivity index is 1.73. The molecule has 2 rings (SSSR count). The molecule has 1 unspecified atom stereocenters. The van der Waals surface area contributed by atoms with Crippen LogP contribution >= 0.6 is 0 Å². The van der Waals surface area contributed by atoms with Crippen molar-refractivity contribution in [3.8, 4) is 0 Å². The third-order valence-electron chi connectivity index (χ3n) is 7.22. The largest absolute Gasteiger partial charge is 0.466 e. The van der Waals surface area contributed by atoms with Crippen LogP contribution in [-0.4, -0.2) is 48.2 Å². The average Bonchev–Trinajstić information content (AvgIpc) is 3.42.